The van der Waals surface area contributed by atoms with E-state index in [-0.39, 0.29) is 11.3 Å². The van der Waals surface area contributed by atoms with Gasteiger partial charge in [0.05, 0.1) is 12.2 Å². The van der Waals surface area contributed by atoms with Crippen LogP contribution in [0.4, 0.5) is 18.9 Å². The number of carbonyl (C=O) groups excluding carboxylic acids is 1. The van der Waals surface area contributed by atoms with Crippen LogP contribution in [0.1, 0.15) is 23.0 Å². The van der Waals surface area contributed by atoms with Crippen LogP contribution in [-0.2, 0) is 13.2 Å². The number of amides is 1. The van der Waals surface area contributed by atoms with E-state index in [1.807, 2.05) is 0 Å². The Hall–Kier alpha value is -2.77. The number of hydrogen-bond donors (Lipinski definition) is 1. The third-order valence-electron chi connectivity index (χ3n) is 3.27. The normalized spacial score (nSPS) is 11.2. The van der Waals surface area contributed by atoms with E-state index in [0.717, 1.165) is 19.2 Å². The van der Waals surface area contributed by atoms with Crippen molar-refractivity contribution in [2.75, 3.05) is 11.9 Å². The molecule has 1 amide bonds. The summed E-state index contributed by atoms with van der Waals surface area (Å²) in [5, 5.41) is 2.33. The number of halogens is 3. The van der Waals surface area contributed by atoms with Crippen LogP contribution in [-0.4, -0.2) is 17.1 Å². The lowest BCUT2D eigenvalue weighted by Gasteiger charge is -2.14. The number of benzene rings is 1. The summed E-state index contributed by atoms with van der Waals surface area (Å²) >= 11 is 0. The quantitative estimate of drug-likeness (QED) is 0.931. The molecule has 1 aromatic carbocycles. The van der Waals surface area contributed by atoms with E-state index < -0.39 is 23.3 Å². The highest BCUT2D eigenvalue weighted by Gasteiger charge is 2.34. The van der Waals surface area contributed by atoms with Gasteiger partial charge in [0.25, 0.3) is 11.5 Å². The molecule has 0 bridgehead atoms. The molecule has 0 aliphatic heterocycles. The average Bonchev–Trinajstić information content (AvgIpc) is 2.51. The van der Waals surface area contributed by atoms with E-state index in [9.17, 15) is 22.8 Å². The Bertz CT molecular complexity index is 813. The number of pyridine rings is 1. The highest BCUT2D eigenvalue weighted by Crippen LogP contribution is 2.28. The van der Waals surface area contributed by atoms with E-state index in [2.05, 4.69) is 5.32 Å². The maximum atomic E-state index is 12.8. The van der Waals surface area contributed by atoms with Crippen molar-refractivity contribution in [1.29, 1.82) is 0 Å². The van der Waals surface area contributed by atoms with Gasteiger partial charge in [-0.3, -0.25) is 9.59 Å². The molecule has 128 valence electrons. The Morgan fingerprint density at radius 2 is 1.88 bits per heavy atom. The average molecular weight is 340 g/mol. The molecule has 2 aromatic rings. The summed E-state index contributed by atoms with van der Waals surface area (Å²) in [5.74, 6) is -0.322. The topological polar surface area (TPSA) is 60.3 Å². The van der Waals surface area contributed by atoms with Crippen molar-refractivity contribution < 1.29 is 22.7 Å². The molecule has 0 unspecified atom stereocenters. The van der Waals surface area contributed by atoms with Gasteiger partial charge in [-0.1, -0.05) is 12.1 Å². The number of alkyl halides is 3. The molecule has 24 heavy (non-hydrogen) atoms. The molecule has 0 saturated heterocycles. The molecule has 2 rings (SSSR count). The van der Waals surface area contributed by atoms with Crippen LogP contribution in [0.2, 0.25) is 0 Å². The van der Waals surface area contributed by atoms with Gasteiger partial charge in [-0.15, -0.1) is 0 Å². The molecule has 0 fully saturated rings. The summed E-state index contributed by atoms with van der Waals surface area (Å²) < 4.78 is 44.1. The number of para-hydroxylation sites is 1. The number of carbonyl (C=O) groups is 1. The fourth-order valence-electron chi connectivity index (χ4n) is 2.14. The summed E-state index contributed by atoms with van der Waals surface area (Å²) in [5.41, 5.74) is -2.12. The summed E-state index contributed by atoms with van der Waals surface area (Å²) in [6, 6.07) is 8.05. The lowest BCUT2D eigenvalue weighted by molar-refractivity contribution is -0.143. The molecular weight excluding hydrogens is 325 g/mol. The van der Waals surface area contributed by atoms with Gasteiger partial charge in [-0.2, -0.15) is 13.2 Å². The number of rotatable bonds is 4. The van der Waals surface area contributed by atoms with Gasteiger partial charge in [0.2, 0.25) is 0 Å². The van der Waals surface area contributed by atoms with Gasteiger partial charge in [0.15, 0.2) is 0 Å². The Morgan fingerprint density at radius 3 is 2.50 bits per heavy atom. The molecule has 0 spiro atoms. The Morgan fingerprint density at radius 1 is 1.21 bits per heavy atom. The van der Waals surface area contributed by atoms with Crippen LogP contribution < -0.4 is 15.6 Å². The van der Waals surface area contributed by atoms with E-state index in [4.69, 9.17) is 4.74 Å². The van der Waals surface area contributed by atoms with Gasteiger partial charge < -0.3 is 14.6 Å². The summed E-state index contributed by atoms with van der Waals surface area (Å²) in [7, 11) is 0.995. The third-order valence-corrected chi connectivity index (χ3v) is 3.27. The number of ether oxygens (including phenoxy) is 1. The zero-order chi connectivity index (χ0) is 17.9. The molecule has 0 aliphatic carbocycles. The minimum absolute atomic E-state index is 0.182. The predicted molar refractivity (Wildman–Crippen MR) is 82.2 cm³/mol. The minimum atomic E-state index is -4.65. The Labute approximate surface area is 135 Å². The van der Waals surface area contributed by atoms with Gasteiger partial charge in [-0.05, 0) is 31.2 Å². The molecule has 0 radical (unpaired) electrons. The van der Waals surface area contributed by atoms with Crippen LogP contribution in [0.15, 0.2) is 41.2 Å². The number of nitrogens with one attached hydrogen (secondary N) is 1. The smallest absolute Gasteiger partial charge is 0.431 e. The van der Waals surface area contributed by atoms with E-state index in [0.29, 0.717) is 16.9 Å². The number of nitrogens with zero attached hydrogens (tertiary/aromatic N) is 1. The number of hydrogen-bond acceptors (Lipinski definition) is 3. The van der Waals surface area contributed by atoms with Crippen LogP contribution in [0.25, 0.3) is 0 Å². The van der Waals surface area contributed by atoms with Gasteiger partial charge in [0.1, 0.15) is 17.1 Å². The molecule has 0 aliphatic rings. The molecule has 1 aromatic heterocycles. The van der Waals surface area contributed by atoms with E-state index in [1.54, 1.807) is 25.1 Å². The number of aromatic nitrogens is 1. The highest BCUT2D eigenvalue weighted by atomic mass is 19.4. The van der Waals surface area contributed by atoms with E-state index >= 15 is 0 Å². The fourth-order valence-corrected chi connectivity index (χ4v) is 2.14. The maximum Gasteiger partial charge on any atom is 0.431 e. The largest absolute Gasteiger partial charge is 0.493 e. The molecular formula is C16H15F3N2O3. The molecule has 0 atom stereocenters. The second kappa shape index (κ2) is 6.77. The van der Waals surface area contributed by atoms with Crippen molar-refractivity contribution in [3.8, 4) is 5.75 Å². The SMILES string of the molecule is CCOc1ccccc1C(=O)Nc1ccc(C(F)(F)F)n(C)c1=O. The first-order valence-electron chi connectivity index (χ1n) is 7.06. The third kappa shape index (κ3) is 3.58. The number of anilines is 1. The van der Waals surface area contributed by atoms with Crippen molar-refractivity contribution in [2.45, 2.75) is 13.1 Å². The second-order valence-corrected chi connectivity index (χ2v) is 4.88. The molecule has 1 heterocycles. The van der Waals surface area contributed by atoms with Crippen molar-refractivity contribution in [2.24, 2.45) is 7.05 Å². The summed E-state index contributed by atoms with van der Waals surface area (Å²) in [6.07, 6.45) is -4.65. The van der Waals surface area contributed by atoms with Gasteiger partial charge in [0, 0.05) is 7.05 Å². The van der Waals surface area contributed by atoms with Crippen LogP contribution in [0.3, 0.4) is 0 Å². The molecule has 1 N–H and O–H groups in total. The second-order valence-electron chi connectivity index (χ2n) is 4.88. The lowest BCUT2D eigenvalue weighted by Crippen LogP contribution is -2.29. The zero-order valence-corrected chi connectivity index (χ0v) is 13.0. The first kappa shape index (κ1) is 17.6. The van der Waals surface area contributed by atoms with Crippen molar-refractivity contribution in [1.82, 2.24) is 4.57 Å². The summed E-state index contributed by atoms with van der Waals surface area (Å²) in [4.78, 5) is 24.3. The van der Waals surface area contributed by atoms with Crippen molar-refractivity contribution >= 4 is 11.6 Å². The first-order valence-corrected chi connectivity index (χ1v) is 7.06. The van der Waals surface area contributed by atoms with Crippen LogP contribution in [0, 0.1) is 0 Å². The Balaban J connectivity index is 2.34. The molecule has 5 nitrogen and oxygen atoms in total. The zero-order valence-electron chi connectivity index (χ0n) is 13.0. The van der Waals surface area contributed by atoms with E-state index in [1.165, 1.54) is 6.07 Å². The first-order chi connectivity index (χ1) is 11.3. The standard InChI is InChI=1S/C16H15F3N2O3/c1-3-24-12-7-5-4-6-10(12)14(22)20-11-8-9-13(16(17,18)19)21(2)15(11)23/h4-9H,3H2,1-2H3,(H,20,22). The monoisotopic (exact) mass is 340 g/mol. The highest BCUT2D eigenvalue weighted by molar-refractivity contribution is 6.06. The van der Waals surface area contributed by atoms with Crippen molar-refractivity contribution in [3.05, 3.63) is 58.0 Å². The van der Waals surface area contributed by atoms with Crippen LogP contribution in [0.5, 0.6) is 5.75 Å². The van der Waals surface area contributed by atoms with Crippen LogP contribution >= 0.6 is 0 Å². The Kier molecular flexibility index (Phi) is 4.96. The molecule has 8 heteroatoms. The lowest BCUT2D eigenvalue weighted by atomic mass is 10.2. The minimum Gasteiger partial charge on any atom is -0.493 e. The van der Waals surface area contributed by atoms with Crippen molar-refractivity contribution in [3.63, 3.8) is 0 Å². The summed E-state index contributed by atoms with van der Waals surface area (Å²) in [6.45, 7) is 2.09. The maximum absolute atomic E-state index is 12.8. The van der Waals surface area contributed by atoms with Gasteiger partial charge in [-0.25, -0.2) is 0 Å². The van der Waals surface area contributed by atoms with Gasteiger partial charge >= 0.3 is 6.18 Å². The predicted octanol–water partition coefficient (Wildman–Crippen LogP) is 3.06. The molecule has 0 saturated carbocycles. The fraction of sp³-hybridized carbons (Fsp3) is 0.250.